The number of aromatic nitrogens is 2. The molecule has 0 atom stereocenters. The number of nitrogens with zero attached hydrogens (tertiary/aromatic N) is 1. The molecule has 0 fully saturated rings. The average Bonchev–Trinajstić information content (AvgIpc) is 2.54. The van der Waals surface area contributed by atoms with Crippen LogP contribution in [0, 0.1) is 0 Å². The molecule has 1 aromatic heterocycles. The number of fused-ring (bicyclic) bond motifs is 1. The van der Waals surface area contributed by atoms with E-state index in [0.717, 1.165) is 4.57 Å². The highest BCUT2D eigenvalue weighted by molar-refractivity contribution is 5.97. The largest absolute Gasteiger partial charge is 0.350 e. The minimum absolute atomic E-state index is 0.00155. The van der Waals surface area contributed by atoms with Gasteiger partial charge in [0.2, 0.25) is 0 Å². The lowest BCUT2D eigenvalue weighted by Gasteiger charge is -2.10. The van der Waals surface area contributed by atoms with Crippen LogP contribution in [-0.2, 0) is 0 Å². The Balaban J connectivity index is 2.17. The van der Waals surface area contributed by atoms with Gasteiger partial charge < -0.3 is 10.3 Å². The van der Waals surface area contributed by atoms with Crippen molar-refractivity contribution in [2.75, 3.05) is 0 Å². The van der Waals surface area contributed by atoms with Crippen molar-refractivity contribution < 1.29 is 4.79 Å². The fourth-order valence-corrected chi connectivity index (χ4v) is 2.52. The molecule has 3 rings (SSSR count). The predicted molar refractivity (Wildman–Crippen MR) is 92.8 cm³/mol. The second kappa shape index (κ2) is 6.16. The lowest BCUT2D eigenvalue weighted by Crippen LogP contribution is -2.34. The summed E-state index contributed by atoms with van der Waals surface area (Å²) in [7, 11) is 0. The van der Waals surface area contributed by atoms with Gasteiger partial charge in [0.1, 0.15) is 0 Å². The van der Waals surface area contributed by atoms with Gasteiger partial charge in [-0.25, -0.2) is 9.36 Å². The number of carbonyl (C=O) groups is 1. The Hall–Kier alpha value is -3.15. The van der Waals surface area contributed by atoms with E-state index < -0.39 is 11.2 Å². The zero-order valence-electron chi connectivity index (χ0n) is 13.4. The minimum Gasteiger partial charge on any atom is -0.350 e. The highest BCUT2D eigenvalue weighted by Crippen LogP contribution is 2.11. The highest BCUT2D eigenvalue weighted by atomic mass is 16.2. The van der Waals surface area contributed by atoms with Crippen molar-refractivity contribution in [1.82, 2.24) is 14.9 Å². The Bertz CT molecular complexity index is 1020. The van der Waals surface area contributed by atoms with Crippen LogP contribution in [0.2, 0.25) is 0 Å². The summed E-state index contributed by atoms with van der Waals surface area (Å²) in [6, 6.07) is 13.3. The van der Waals surface area contributed by atoms with E-state index in [9.17, 15) is 14.4 Å². The summed E-state index contributed by atoms with van der Waals surface area (Å²) in [5.74, 6) is -0.250. The first-order chi connectivity index (χ1) is 11.5. The van der Waals surface area contributed by atoms with Gasteiger partial charge >= 0.3 is 5.69 Å². The van der Waals surface area contributed by atoms with Crippen molar-refractivity contribution in [3.8, 4) is 5.69 Å². The van der Waals surface area contributed by atoms with E-state index in [2.05, 4.69) is 10.3 Å². The Morgan fingerprint density at radius 1 is 1.08 bits per heavy atom. The summed E-state index contributed by atoms with van der Waals surface area (Å²) in [5, 5.41) is 3.12. The summed E-state index contributed by atoms with van der Waals surface area (Å²) >= 11 is 0. The van der Waals surface area contributed by atoms with Gasteiger partial charge in [-0.2, -0.15) is 0 Å². The van der Waals surface area contributed by atoms with Gasteiger partial charge in [-0.15, -0.1) is 0 Å². The van der Waals surface area contributed by atoms with E-state index in [0.29, 0.717) is 22.2 Å². The maximum atomic E-state index is 12.7. The Morgan fingerprint density at radius 3 is 2.46 bits per heavy atom. The number of carbonyl (C=O) groups excluding carboxylic acids is 1. The van der Waals surface area contributed by atoms with Crippen molar-refractivity contribution in [3.63, 3.8) is 0 Å². The molecule has 2 N–H and O–H groups in total. The molecule has 1 heterocycles. The van der Waals surface area contributed by atoms with Crippen molar-refractivity contribution in [1.29, 1.82) is 0 Å². The average molecular weight is 323 g/mol. The van der Waals surface area contributed by atoms with Crippen LogP contribution in [0.4, 0.5) is 0 Å². The van der Waals surface area contributed by atoms with E-state index in [1.165, 1.54) is 6.07 Å². The summed E-state index contributed by atoms with van der Waals surface area (Å²) in [5.41, 5.74) is 0.264. The third-order valence-corrected chi connectivity index (χ3v) is 3.59. The van der Waals surface area contributed by atoms with Crippen LogP contribution in [0.25, 0.3) is 16.6 Å². The summed E-state index contributed by atoms with van der Waals surface area (Å²) in [6.45, 7) is 3.72. The Labute approximate surface area is 137 Å². The van der Waals surface area contributed by atoms with Crippen molar-refractivity contribution >= 4 is 16.8 Å². The van der Waals surface area contributed by atoms with Crippen LogP contribution < -0.4 is 16.6 Å². The van der Waals surface area contributed by atoms with E-state index >= 15 is 0 Å². The molecular formula is C18H17N3O3. The first-order valence-corrected chi connectivity index (χ1v) is 7.63. The smallest absolute Gasteiger partial charge is 0.333 e. The molecule has 0 spiro atoms. The molecule has 24 heavy (non-hydrogen) atoms. The lowest BCUT2D eigenvalue weighted by atomic mass is 10.1. The van der Waals surface area contributed by atoms with Gasteiger partial charge in [-0.05, 0) is 44.2 Å². The second-order valence-electron chi connectivity index (χ2n) is 5.79. The monoisotopic (exact) mass is 323 g/mol. The van der Waals surface area contributed by atoms with Crippen molar-refractivity contribution in [3.05, 3.63) is 74.9 Å². The normalized spacial score (nSPS) is 11.0. The van der Waals surface area contributed by atoms with Crippen LogP contribution >= 0.6 is 0 Å². The molecule has 0 saturated carbocycles. The van der Waals surface area contributed by atoms with E-state index in [-0.39, 0.29) is 11.9 Å². The summed E-state index contributed by atoms with van der Waals surface area (Å²) in [4.78, 5) is 39.7. The van der Waals surface area contributed by atoms with Crippen LogP contribution in [-0.4, -0.2) is 21.5 Å². The highest BCUT2D eigenvalue weighted by Gasteiger charge is 2.12. The van der Waals surface area contributed by atoms with Gasteiger partial charge in [0.05, 0.1) is 16.6 Å². The van der Waals surface area contributed by atoms with E-state index in [1.54, 1.807) is 36.4 Å². The zero-order valence-corrected chi connectivity index (χ0v) is 13.4. The van der Waals surface area contributed by atoms with Crippen molar-refractivity contribution in [2.45, 2.75) is 19.9 Å². The molecule has 122 valence electrons. The number of H-pyrrole nitrogens is 1. The molecule has 0 saturated heterocycles. The molecular weight excluding hydrogens is 306 g/mol. The van der Waals surface area contributed by atoms with Crippen LogP contribution in [0.5, 0.6) is 0 Å². The molecule has 6 heteroatoms. The maximum absolute atomic E-state index is 12.7. The van der Waals surface area contributed by atoms with Gasteiger partial charge in [0.25, 0.3) is 11.5 Å². The number of benzene rings is 2. The molecule has 6 nitrogen and oxygen atoms in total. The number of rotatable bonds is 3. The Kier molecular flexibility index (Phi) is 4.04. The van der Waals surface area contributed by atoms with Gasteiger partial charge in [-0.3, -0.25) is 9.59 Å². The number of amides is 1. The topological polar surface area (TPSA) is 84.0 Å². The second-order valence-corrected chi connectivity index (χ2v) is 5.79. The maximum Gasteiger partial charge on any atom is 0.333 e. The van der Waals surface area contributed by atoms with Gasteiger partial charge in [0.15, 0.2) is 0 Å². The molecule has 0 aliphatic carbocycles. The molecule has 2 aromatic carbocycles. The lowest BCUT2D eigenvalue weighted by molar-refractivity contribution is 0.0943. The van der Waals surface area contributed by atoms with Crippen LogP contribution in [0.1, 0.15) is 24.2 Å². The standard InChI is InChI=1S/C18H17N3O3/c1-11(2)19-16(22)12-8-9-14-15(10-12)20-18(24)21(17(14)23)13-6-4-3-5-7-13/h3-11H,1-2H3,(H,19,22)(H,20,24). The molecule has 0 bridgehead atoms. The number of nitrogens with one attached hydrogen (secondary N) is 2. The quantitative estimate of drug-likeness (QED) is 0.771. The minimum atomic E-state index is -0.542. The molecule has 0 radical (unpaired) electrons. The first-order valence-electron chi connectivity index (χ1n) is 7.63. The third kappa shape index (κ3) is 2.86. The summed E-state index contributed by atoms with van der Waals surface area (Å²) < 4.78 is 1.08. The Morgan fingerprint density at radius 2 is 1.79 bits per heavy atom. The van der Waals surface area contributed by atoms with Crippen LogP contribution in [0.3, 0.4) is 0 Å². The predicted octanol–water partition coefficient (Wildman–Crippen LogP) is 1.82. The van der Waals surface area contributed by atoms with Gasteiger partial charge in [-0.1, -0.05) is 18.2 Å². The SMILES string of the molecule is CC(C)NC(=O)c1ccc2c(=O)n(-c3ccccc3)c(=O)[nH]c2c1. The first kappa shape index (κ1) is 15.7. The number of hydrogen-bond donors (Lipinski definition) is 2. The van der Waals surface area contributed by atoms with E-state index in [4.69, 9.17) is 0 Å². The van der Waals surface area contributed by atoms with Crippen molar-refractivity contribution in [2.24, 2.45) is 0 Å². The number of para-hydroxylation sites is 1. The molecule has 3 aromatic rings. The van der Waals surface area contributed by atoms with Gasteiger partial charge in [0, 0.05) is 11.6 Å². The van der Waals surface area contributed by atoms with Crippen LogP contribution in [0.15, 0.2) is 58.1 Å². The van der Waals surface area contributed by atoms with E-state index in [1.807, 2.05) is 19.9 Å². The molecule has 1 amide bonds. The number of aromatic amines is 1. The zero-order chi connectivity index (χ0) is 17.3. The fraction of sp³-hybridized carbons (Fsp3) is 0.167. The fourth-order valence-electron chi connectivity index (χ4n) is 2.52. The third-order valence-electron chi connectivity index (χ3n) is 3.59. The summed E-state index contributed by atoms with van der Waals surface area (Å²) in [6.07, 6.45) is 0. The number of hydrogen-bond acceptors (Lipinski definition) is 3. The molecule has 0 aliphatic heterocycles. The molecule has 0 unspecified atom stereocenters. The molecule has 0 aliphatic rings.